The van der Waals surface area contributed by atoms with Gasteiger partial charge in [-0.1, -0.05) is 0 Å². The maximum absolute atomic E-state index is 5.07. The van der Waals surface area contributed by atoms with Crippen LogP contribution in [-0.2, 0) is 4.74 Å². The van der Waals surface area contributed by atoms with Crippen LogP contribution in [0.15, 0.2) is 12.4 Å². The predicted molar refractivity (Wildman–Crippen MR) is 80.6 cm³/mol. The number of fused-ring (bicyclic) bond motifs is 1. The van der Waals surface area contributed by atoms with Crippen LogP contribution in [0, 0.1) is 6.92 Å². The molecule has 7 nitrogen and oxygen atoms in total. The second-order valence-corrected chi connectivity index (χ2v) is 5.38. The summed E-state index contributed by atoms with van der Waals surface area (Å²) in [5, 5.41) is 11.9. The van der Waals surface area contributed by atoms with Gasteiger partial charge in [-0.2, -0.15) is 0 Å². The van der Waals surface area contributed by atoms with Gasteiger partial charge in [0.05, 0.1) is 6.61 Å². The first-order chi connectivity index (χ1) is 10.3. The molecular weight excluding hydrogens is 268 g/mol. The largest absolute Gasteiger partial charge is 0.383 e. The lowest BCUT2D eigenvalue weighted by Gasteiger charge is -2.26. The second kappa shape index (κ2) is 6.36. The summed E-state index contributed by atoms with van der Waals surface area (Å²) in [6, 6.07) is 0.456. The van der Waals surface area contributed by atoms with E-state index in [1.54, 1.807) is 7.11 Å². The lowest BCUT2D eigenvalue weighted by Crippen LogP contribution is -2.39. The van der Waals surface area contributed by atoms with Crippen LogP contribution in [0.2, 0.25) is 0 Å². The Morgan fingerprint density at radius 2 is 2.33 bits per heavy atom. The molecule has 0 aromatic carbocycles. The molecule has 3 heterocycles. The zero-order chi connectivity index (χ0) is 14.7. The van der Waals surface area contributed by atoms with Gasteiger partial charge in [-0.15, -0.1) is 10.2 Å². The number of nitrogens with one attached hydrogen (secondary N) is 1. The average molecular weight is 290 g/mol. The Morgan fingerprint density at radius 1 is 1.43 bits per heavy atom. The van der Waals surface area contributed by atoms with Crippen molar-refractivity contribution in [1.29, 1.82) is 0 Å². The molecule has 1 unspecified atom stereocenters. The van der Waals surface area contributed by atoms with Gasteiger partial charge in [0.25, 0.3) is 0 Å². The lowest BCUT2D eigenvalue weighted by molar-refractivity contribution is 0.199. The van der Waals surface area contributed by atoms with E-state index in [-0.39, 0.29) is 0 Å². The van der Waals surface area contributed by atoms with E-state index in [0.29, 0.717) is 6.04 Å². The summed E-state index contributed by atoms with van der Waals surface area (Å²) >= 11 is 0. The number of hydrogen-bond acceptors (Lipinski definition) is 6. The van der Waals surface area contributed by atoms with Gasteiger partial charge >= 0.3 is 0 Å². The fourth-order valence-electron chi connectivity index (χ4n) is 2.90. The maximum Gasteiger partial charge on any atom is 0.203 e. The third kappa shape index (κ3) is 2.84. The first-order valence-corrected chi connectivity index (χ1v) is 7.44. The van der Waals surface area contributed by atoms with Crippen molar-refractivity contribution in [1.82, 2.24) is 24.9 Å². The zero-order valence-electron chi connectivity index (χ0n) is 12.6. The topological polar surface area (TPSA) is 67.6 Å². The Bertz CT molecular complexity index is 598. The summed E-state index contributed by atoms with van der Waals surface area (Å²) in [4.78, 5) is 6.90. The maximum atomic E-state index is 5.07. The van der Waals surface area contributed by atoms with Crippen molar-refractivity contribution < 1.29 is 4.74 Å². The standard InChI is InChI=1S/C14H22N6O/c1-11-17-18-14-13(16-5-8-19(11)14)20-7-3-4-12(20)10-15-6-9-21-2/h5,8,12,15H,3-4,6-7,9-10H2,1-2H3. The molecule has 1 N–H and O–H groups in total. The summed E-state index contributed by atoms with van der Waals surface area (Å²) in [5.41, 5.74) is 0.846. The van der Waals surface area contributed by atoms with Gasteiger partial charge in [-0.3, -0.25) is 4.40 Å². The van der Waals surface area contributed by atoms with Gasteiger partial charge < -0.3 is 15.0 Å². The highest BCUT2D eigenvalue weighted by atomic mass is 16.5. The third-order valence-corrected chi connectivity index (χ3v) is 3.99. The van der Waals surface area contributed by atoms with E-state index in [0.717, 1.165) is 43.5 Å². The Balaban J connectivity index is 1.77. The summed E-state index contributed by atoms with van der Waals surface area (Å²) in [6.45, 7) is 5.54. The molecule has 3 rings (SSSR count). The Labute approximate surface area is 124 Å². The molecule has 1 aliphatic rings. The van der Waals surface area contributed by atoms with Crippen LogP contribution in [-0.4, -0.2) is 59.0 Å². The molecule has 0 bridgehead atoms. The highest BCUT2D eigenvalue weighted by Gasteiger charge is 2.27. The number of methoxy groups -OCH3 is 1. The van der Waals surface area contributed by atoms with E-state index in [1.165, 1.54) is 12.8 Å². The van der Waals surface area contributed by atoms with Crippen molar-refractivity contribution in [2.75, 3.05) is 38.3 Å². The van der Waals surface area contributed by atoms with Crippen LogP contribution in [0.25, 0.3) is 5.65 Å². The summed E-state index contributed by atoms with van der Waals surface area (Å²) in [5.74, 6) is 1.83. The van der Waals surface area contributed by atoms with Crippen LogP contribution in [0.3, 0.4) is 0 Å². The molecular formula is C14H22N6O. The van der Waals surface area contributed by atoms with Crippen molar-refractivity contribution in [3.63, 3.8) is 0 Å². The quantitative estimate of drug-likeness (QED) is 0.787. The van der Waals surface area contributed by atoms with Crippen molar-refractivity contribution in [2.45, 2.75) is 25.8 Å². The molecule has 1 atom stereocenters. The van der Waals surface area contributed by atoms with Gasteiger partial charge in [-0.05, 0) is 19.8 Å². The van der Waals surface area contributed by atoms with Crippen molar-refractivity contribution >= 4 is 11.5 Å². The highest BCUT2D eigenvalue weighted by Crippen LogP contribution is 2.26. The minimum absolute atomic E-state index is 0.456. The fraction of sp³-hybridized carbons (Fsp3) is 0.643. The molecule has 114 valence electrons. The van der Waals surface area contributed by atoms with Gasteiger partial charge in [0, 0.05) is 45.2 Å². The van der Waals surface area contributed by atoms with Crippen molar-refractivity contribution in [3.05, 3.63) is 18.2 Å². The molecule has 0 aliphatic carbocycles. The summed E-state index contributed by atoms with van der Waals surface area (Å²) in [6.07, 6.45) is 6.10. The highest BCUT2D eigenvalue weighted by molar-refractivity contribution is 5.64. The number of aryl methyl sites for hydroxylation is 1. The smallest absolute Gasteiger partial charge is 0.203 e. The van der Waals surface area contributed by atoms with E-state index in [2.05, 4.69) is 25.4 Å². The molecule has 2 aromatic rings. The SMILES string of the molecule is COCCNCC1CCCN1c1nccn2c(C)nnc12. The molecule has 7 heteroatoms. The molecule has 0 saturated carbocycles. The van der Waals surface area contributed by atoms with E-state index in [9.17, 15) is 0 Å². The van der Waals surface area contributed by atoms with Gasteiger partial charge in [0.15, 0.2) is 5.82 Å². The number of rotatable bonds is 6. The van der Waals surface area contributed by atoms with Crippen LogP contribution >= 0.6 is 0 Å². The van der Waals surface area contributed by atoms with E-state index in [4.69, 9.17) is 4.74 Å². The van der Waals surface area contributed by atoms with Crippen LogP contribution < -0.4 is 10.2 Å². The number of anilines is 1. The fourth-order valence-corrected chi connectivity index (χ4v) is 2.90. The first kappa shape index (κ1) is 14.2. The molecule has 2 aromatic heterocycles. The van der Waals surface area contributed by atoms with E-state index >= 15 is 0 Å². The van der Waals surface area contributed by atoms with Gasteiger partial charge in [-0.25, -0.2) is 4.98 Å². The Morgan fingerprint density at radius 3 is 3.19 bits per heavy atom. The second-order valence-electron chi connectivity index (χ2n) is 5.38. The number of aromatic nitrogens is 4. The molecule has 1 fully saturated rings. The summed E-state index contributed by atoms with van der Waals surface area (Å²) in [7, 11) is 1.72. The van der Waals surface area contributed by atoms with Crippen LogP contribution in [0.5, 0.6) is 0 Å². The third-order valence-electron chi connectivity index (χ3n) is 3.99. The Hall–Kier alpha value is -1.73. The molecule has 0 radical (unpaired) electrons. The molecule has 0 spiro atoms. The monoisotopic (exact) mass is 290 g/mol. The number of ether oxygens (including phenoxy) is 1. The average Bonchev–Trinajstić information content (AvgIpc) is 3.11. The molecule has 0 amide bonds. The van der Waals surface area contributed by atoms with Gasteiger partial charge in [0.2, 0.25) is 5.65 Å². The minimum atomic E-state index is 0.456. The normalized spacial score (nSPS) is 18.8. The predicted octanol–water partition coefficient (Wildman–Crippen LogP) is 0.638. The van der Waals surface area contributed by atoms with Crippen molar-refractivity contribution in [2.24, 2.45) is 0 Å². The van der Waals surface area contributed by atoms with Crippen LogP contribution in [0.1, 0.15) is 18.7 Å². The Kier molecular flexibility index (Phi) is 4.31. The first-order valence-electron chi connectivity index (χ1n) is 7.44. The van der Waals surface area contributed by atoms with Gasteiger partial charge in [0.1, 0.15) is 5.82 Å². The molecule has 1 saturated heterocycles. The zero-order valence-corrected chi connectivity index (χ0v) is 12.6. The van der Waals surface area contributed by atoms with E-state index < -0.39 is 0 Å². The lowest BCUT2D eigenvalue weighted by atomic mass is 10.2. The summed E-state index contributed by atoms with van der Waals surface area (Å²) < 4.78 is 7.06. The van der Waals surface area contributed by atoms with E-state index in [1.807, 2.05) is 23.7 Å². The molecule has 21 heavy (non-hydrogen) atoms. The van der Waals surface area contributed by atoms with Crippen LogP contribution in [0.4, 0.5) is 5.82 Å². The number of nitrogens with zero attached hydrogens (tertiary/aromatic N) is 5. The molecule has 1 aliphatic heterocycles. The van der Waals surface area contributed by atoms with Crippen molar-refractivity contribution in [3.8, 4) is 0 Å². The number of hydrogen-bond donors (Lipinski definition) is 1. The minimum Gasteiger partial charge on any atom is -0.383 e.